The van der Waals surface area contributed by atoms with E-state index in [1.165, 1.54) is 35.3 Å². The number of amides is 1. The number of thioether (sulfide) groups is 1. The van der Waals surface area contributed by atoms with Gasteiger partial charge in [-0.3, -0.25) is 9.20 Å². The maximum atomic E-state index is 13.1. The average molecular weight is 476 g/mol. The molecule has 1 aliphatic rings. The first-order chi connectivity index (χ1) is 15.5. The lowest BCUT2D eigenvalue weighted by Crippen LogP contribution is -2.32. The standard InChI is InChI=1S/C21H25N5O4S2/c1-30-18-10-9-16(32(28,29)25-11-5-2-3-6-12-25)14-17(18)22-20(27)15-31-21-24-23-19-8-4-7-13-26(19)21/h4,7-10,13-14H,2-3,5-6,11-12,15H2,1H3,(H,22,27). The van der Waals surface area contributed by atoms with E-state index in [1.807, 2.05) is 24.4 Å². The predicted molar refractivity (Wildman–Crippen MR) is 123 cm³/mol. The molecule has 0 unspecified atom stereocenters. The van der Waals surface area contributed by atoms with Crippen molar-refractivity contribution in [2.24, 2.45) is 0 Å². The van der Waals surface area contributed by atoms with Crippen LogP contribution in [0.2, 0.25) is 0 Å². The van der Waals surface area contributed by atoms with Gasteiger partial charge >= 0.3 is 0 Å². The Balaban J connectivity index is 1.49. The monoisotopic (exact) mass is 475 g/mol. The van der Waals surface area contributed by atoms with Gasteiger partial charge in [0.25, 0.3) is 0 Å². The quantitative estimate of drug-likeness (QED) is 0.524. The van der Waals surface area contributed by atoms with Crippen LogP contribution in [0.3, 0.4) is 0 Å². The van der Waals surface area contributed by atoms with Crippen molar-refractivity contribution < 1.29 is 17.9 Å². The van der Waals surface area contributed by atoms with Crippen LogP contribution in [0.4, 0.5) is 5.69 Å². The Morgan fingerprint density at radius 2 is 1.91 bits per heavy atom. The van der Waals surface area contributed by atoms with Crippen molar-refractivity contribution in [1.82, 2.24) is 18.9 Å². The van der Waals surface area contributed by atoms with Gasteiger partial charge in [-0.05, 0) is 43.2 Å². The summed E-state index contributed by atoms with van der Waals surface area (Å²) in [6.45, 7) is 1.03. The Hall–Kier alpha value is -2.63. The van der Waals surface area contributed by atoms with Crippen LogP contribution in [0.5, 0.6) is 5.75 Å². The van der Waals surface area contributed by atoms with E-state index in [1.54, 1.807) is 10.5 Å². The molecular weight excluding hydrogens is 450 g/mol. The van der Waals surface area contributed by atoms with Gasteiger partial charge in [0.2, 0.25) is 15.9 Å². The second kappa shape index (κ2) is 9.88. The fraction of sp³-hybridized carbons (Fsp3) is 0.381. The summed E-state index contributed by atoms with van der Waals surface area (Å²) >= 11 is 1.24. The lowest BCUT2D eigenvalue weighted by atomic mass is 10.2. The van der Waals surface area contributed by atoms with Crippen molar-refractivity contribution in [2.45, 2.75) is 35.7 Å². The molecule has 1 aromatic carbocycles. The Labute approximate surface area is 191 Å². The van der Waals surface area contributed by atoms with Crippen molar-refractivity contribution >= 4 is 39.0 Å². The second-order valence-corrected chi connectivity index (χ2v) is 10.3. The second-order valence-electron chi connectivity index (χ2n) is 7.43. The van der Waals surface area contributed by atoms with Gasteiger partial charge in [-0.25, -0.2) is 8.42 Å². The number of anilines is 1. The number of methoxy groups -OCH3 is 1. The first-order valence-corrected chi connectivity index (χ1v) is 12.8. The van der Waals surface area contributed by atoms with Gasteiger partial charge in [-0.1, -0.05) is 30.7 Å². The van der Waals surface area contributed by atoms with E-state index in [9.17, 15) is 13.2 Å². The zero-order valence-corrected chi connectivity index (χ0v) is 19.4. The molecular formula is C21H25N5O4S2. The van der Waals surface area contributed by atoms with Gasteiger partial charge in [-0.2, -0.15) is 4.31 Å². The Morgan fingerprint density at radius 1 is 1.12 bits per heavy atom. The van der Waals surface area contributed by atoms with Gasteiger partial charge in [0, 0.05) is 19.3 Å². The lowest BCUT2D eigenvalue weighted by Gasteiger charge is -2.21. The van der Waals surface area contributed by atoms with E-state index < -0.39 is 10.0 Å². The van der Waals surface area contributed by atoms with E-state index in [2.05, 4.69) is 15.5 Å². The minimum Gasteiger partial charge on any atom is -0.495 e. The summed E-state index contributed by atoms with van der Waals surface area (Å²) in [7, 11) is -2.16. The number of sulfonamides is 1. The predicted octanol–water partition coefficient (Wildman–Crippen LogP) is 3.03. The minimum atomic E-state index is -3.64. The first kappa shape index (κ1) is 22.6. The van der Waals surface area contributed by atoms with E-state index >= 15 is 0 Å². The number of fused-ring (bicyclic) bond motifs is 1. The van der Waals surface area contributed by atoms with E-state index in [0.29, 0.717) is 35.3 Å². The number of carbonyl (C=O) groups excluding carboxylic acids is 1. The molecule has 1 saturated heterocycles. The fourth-order valence-corrected chi connectivity index (χ4v) is 5.88. The lowest BCUT2D eigenvalue weighted by molar-refractivity contribution is -0.113. The van der Waals surface area contributed by atoms with Crippen LogP contribution in [0.1, 0.15) is 25.7 Å². The maximum absolute atomic E-state index is 13.1. The molecule has 1 aliphatic heterocycles. The number of nitrogens with one attached hydrogen (secondary N) is 1. The van der Waals surface area contributed by atoms with Gasteiger partial charge in [-0.15, -0.1) is 10.2 Å². The minimum absolute atomic E-state index is 0.0853. The average Bonchev–Trinajstić information content (AvgIpc) is 3.00. The van der Waals surface area contributed by atoms with Crippen LogP contribution in [0.25, 0.3) is 5.65 Å². The summed E-state index contributed by atoms with van der Waals surface area (Å²) < 4.78 is 34.9. The highest BCUT2D eigenvalue weighted by Gasteiger charge is 2.26. The third-order valence-corrected chi connectivity index (χ3v) is 8.10. The number of ether oxygens (including phenoxy) is 1. The van der Waals surface area contributed by atoms with Crippen LogP contribution in [0.15, 0.2) is 52.6 Å². The van der Waals surface area contributed by atoms with Crippen LogP contribution in [0, 0.1) is 0 Å². The first-order valence-electron chi connectivity index (χ1n) is 10.4. The fourth-order valence-electron chi connectivity index (χ4n) is 3.61. The summed E-state index contributed by atoms with van der Waals surface area (Å²) in [6, 6.07) is 10.1. The summed E-state index contributed by atoms with van der Waals surface area (Å²) in [6.07, 6.45) is 5.61. The van der Waals surface area contributed by atoms with E-state index in [0.717, 1.165) is 25.7 Å². The Bertz CT molecular complexity index is 1200. The third kappa shape index (κ3) is 4.89. The molecule has 2 aromatic heterocycles. The normalized spacial score (nSPS) is 15.4. The number of benzene rings is 1. The van der Waals surface area contributed by atoms with Crippen LogP contribution in [-0.2, 0) is 14.8 Å². The van der Waals surface area contributed by atoms with Crippen molar-refractivity contribution in [2.75, 3.05) is 31.3 Å². The molecule has 4 rings (SSSR count). The van der Waals surface area contributed by atoms with Gasteiger partial charge in [0.05, 0.1) is 23.4 Å². The highest BCUT2D eigenvalue weighted by Crippen LogP contribution is 2.30. The molecule has 32 heavy (non-hydrogen) atoms. The molecule has 0 saturated carbocycles. The molecule has 11 heteroatoms. The summed E-state index contributed by atoms with van der Waals surface area (Å²) in [5, 5.41) is 11.5. The summed E-state index contributed by atoms with van der Waals surface area (Å²) in [4.78, 5) is 12.8. The van der Waals surface area contributed by atoms with Crippen molar-refractivity contribution in [3.63, 3.8) is 0 Å². The van der Waals surface area contributed by atoms with Crippen molar-refractivity contribution in [3.8, 4) is 5.75 Å². The zero-order valence-electron chi connectivity index (χ0n) is 17.7. The number of hydrogen-bond donors (Lipinski definition) is 1. The molecule has 3 aromatic rings. The largest absolute Gasteiger partial charge is 0.495 e. The van der Waals surface area contributed by atoms with Gasteiger partial charge in [0.1, 0.15) is 5.75 Å². The van der Waals surface area contributed by atoms with Crippen LogP contribution >= 0.6 is 11.8 Å². The molecule has 0 radical (unpaired) electrons. The molecule has 0 spiro atoms. The van der Waals surface area contributed by atoms with Crippen LogP contribution < -0.4 is 10.1 Å². The van der Waals surface area contributed by atoms with Crippen molar-refractivity contribution in [3.05, 3.63) is 42.6 Å². The van der Waals surface area contributed by atoms with Gasteiger partial charge in [0.15, 0.2) is 10.8 Å². The molecule has 0 bridgehead atoms. The molecule has 3 heterocycles. The third-order valence-electron chi connectivity index (χ3n) is 5.26. The molecule has 9 nitrogen and oxygen atoms in total. The van der Waals surface area contributed by atoms with Crippen LogP contribution in [-0.4, -0.2) is 59.2 Å². The van der Waals surface area contributed by atoms with Crippen molar-refractivity contribution in [1.29, 1.82) is 0 Å². The molecule has 170 valence electrons. The molecule has 1 amide bonds. The zero-order chi connectivity index (χ0) is 22.6. The maximum Gasteiger partial charge on any atom is 0.243 e. The Kier molecular flexibility index (Phi) is 6.97. The highest BCUT2D eigenvalue weighted by atomic mass is 32.2. The number of nitrogens with zero attached hydrogens (tertiary/aromatic N) is 4. The molecule has 1 fully saturated rings. The highest BCUT2D eigenvalue weighted by molar-refractivity contribution is 7.99. The number of hydrogen-bond acceptors (Lipinski definition) is 7. The smallest absolute Gasteiger partial charge is 0.243 e. The number of carbonyl (C=O) groups is 1. The summed E-state index contributed by atoms with van der Waals surface area (Å²) in [5.74, 6) is 0.179. The Morgan fingerprint density at radius 3 is 2.66 bits per heavy atom. The topological polar surface area (TPSA) is 106 Å². The molecule has 0 atom stereocenters. The molecule has 0 aliphatic carbocycles. The summed E-state index contributed by atoms with van der Waals surface area (Å²) in [5.41, 5.74) is 1.02. The molecule has 1 N–H and O–H groups in total. The number of pyridine rings is 1. The van der Waals surface area contributed by atoms with Gasteiger partial charge < -0.3 is 10.1 Å². The van der Waals surface area contributed by atoms with E-state index in [4.69, 9.17) is 4.74 Å². The van der Waals surface area contributed by atoms with E-state index in [-0.39, 0.29) is 16.6 Å². The number of aromatic nitrogens is 3. The SMILES string of the molecule is COc1ccc(S(=O)(=O)N2CCCCCC2)cc1NC(=O)CSc1nnc2ccccn12. The number of rotatable bonds is 7.